The summed E-state index contributed by atoms with van der Waals surface area (Å²) in [6.07, 6.45) is 7.27. The normalized spacial score (nSPS) is 14.6. The highest BCUT2D eigenvalue weighted by atomic mass is 16.3. The summed E-state index contributed by atoms with van der Waals surface area (Å²) in [5.41, 5.74) is 0. The summed E-state index contributed by atoms with van der Waals surface area (Å²) in [4.78, 5) is 0. The summed E-state index contributed by atoms with van der Waals surface area (Å²) in [5, 5.41) is 9.34. The summed E-state index contributed by atoms with van der Waals surface area (Å²) >= 11 is 0. The van der Waals surface area contributed by atoms with Gasteiger partial charge in [-0.3, -0.25) is 0 Å². The predicted octanol–water partition coefficient (Wildman–Crippen LogP) is 2.75. The number of hydrogen-bond donors (Lipinski definition) is 1. The van der Waals surface area contributed by atoms with Crippen LogP contribution < -0.4 is 0 Å². The first kappa shape index (κ1) is 10.7. The van der Waals surface area contributed by atoms with Crippen molar-refractivity contribution in [1.29, 1.82) is 0 Å². The smallest absolute Gasteiger partial charge is 0.0743 e. The molecule has 0 saturated heterocycles. The molecule has 0 aliphatic heterocycles. The molecule has 1 heteroatoms. The van der Waals surface area contributed by atoms with Gasteiger partial charge >= 0.3 is 0 Å². The Morgan fingerprint density at radius 1 is 1.36 bits per heavy atom. The lowest BCUT2D eigenvalue weighted by Gasteiger charge is -2.08. The van der Waals surface area contributed by atoms with Gasteiger partial charge in [0, 0.05) is 0 Å². The average Bonchev–Trinajstić information content (AvgIpc) is 1.97. The van der Waals surface area contributed by atoms with Crippen molar-refractivity contribution in [2.45, 2.75) is 46.1 Å². The van der Waals surface area contributed by atoms with Crippen LogP contribution in [0.1, 0.15) is 40.0 Å². The molecular formula is C10H20O. The fourth-order valence-electron chi connectivity index (χ4n) is 0.780. The first-order valence-electron chi connectivity index (χ1n) is 4.53. The van der Waals surface area contributed by atoms with E-state index in [0.29, 0.717) is 5.92 Å². The van der Waals surface area contributed by atoms with Gasteiger partial charge in [-0.1, -0.05) is 45.8 Å². The molecule has 0 aromatic carbocycles. The maximum atomic E-state index is 9.34. The zero-order chi connectivity index (χ0) is 8.69. The molecule has 0 aliphatic rings. The number of allylic oxidation sites excluding steroid dienone is 1. The third-order valence-corrected chi connectivity index (χ3v) is 1.74. The molecule has 1 N–H and O–H groups in total. The van der Waals surface area contributed by atoms with Gasteiger partial charge in [0.1, 0.15) is 0 Å². The molecule has 0 aromatic rings. The molecule has 0 fully saturated rings. The summed E-state index contributed by atoms with van der Waals surface area (Å²) in [7, 11) is 0. The van der Waals surface area contributed by atoms with Gasteiger partial charge in [-0.15, -0.1) is 0 Å². The molecule has 0 amide bonds. The highest BCUT2D eigenvalue weighted by Gasteiger charge is 2.02. The van der Waals surface area contributed by atoms with Gasteiger partial charge < -0.3 is 5.11 Å². The molecule has 0 aromatic heterocycles. The number of unbranched alkanes of at least 4 members (excludes halogenated alkanes) is 2. The predicted molar refractivity (Wildman–Crippen MR) is 49.5 cm³/mol. The Bertz CT molecular complexity index is 105. The van der Waals surface area contributed by atoms with E-state index in [1.807, 2.05) is 19.9 Å². The van der Waals surface area contributed by atoms with Gasteiger partial charge in [0.05, 0.1) is 6.10 Å². The number of aliphatic hydroxyl groups excluding tert-OH is 1. The molecule has 0 radical (unpaired) electrons. The Hall–Kier alpha value is -0.300. The SMILES string of the molecule is CCCC/C=C\[C@@H](O)C(C)C. The minimum atomic E-state index is -0.258. The minimum Gasteiger partial charge on any atom is -0.389 e. The van der Waals surface area contributed by atoms with E-state index in [9.17, 15) is 5.11 Å². The number of rotatable bonds is 5. The number of aliphatic hydroxyl groups is 1. The maximum Gasteiger partial charge on any atom is 0.0743 e. The Labute approximate surface area is 70.1 Å². The van der Waals surface area contributed by atoms with Crippen molar-refractivity contribution < 1.29 is 5.11 Å². The maximum absolute atomic E-state index is 9.34. The summed E-state index contributed by atoms with van der Waals surface area (Å²) in [6, 6.07) is 0. The fourth-order valence-corrected chi connectivity index (χ4v) is 0.780. The molecule has 0 spiro atoms. The van der Waals surface area contributed by atoms with Crippen molar-refractivity contribution in [3.05, 3.63) is 12.2 Å². The molecule has 11 heavy (non-hydrogen) atoms. The van der Waals surface area contributed by atoms with E-state index in [4.69, 9.17) is 0 Å². The van der Waals surface area contributed by atoms with Crippen LogP contribution in [-0.4, -0.2) is 11.2 Å². The van der Waals surface area contributed by atoms with Crippen LogP contribution in [0.4, 0.5) is 0 Å². The lowest BCUT2D eigenvalue weighted by atomic mass is 10.1. The monoisotopic (exact) mass is 156 g/mol. The van der Waals surface area contributed by atoms with Crippen LogP contribution in [-0.2, 0) is 0 Å². The summed E-state index contributed by atoms with van der Waals surface area (Å²) in [6.45, 7) is 6.22. The molecule has 0 saturated carbocycles. The van der Waals surface area contributed by atoms with E-state index in [1.54, 1.807) is 0 Å². The minimum absolute atomic E-state index is 0.258. The van der Waals surface area contributed by atoms with Gasteiger partial charge in [0.25, 0.3) is 0 Å². The molecule has 0 unspecified atom stereocenters. The molecule has 1 nitrogen and oxygen atoms in total. The third kappa shape index (κ3) is 6.11. The van der Waals surface area contributed by atoms with Crippen LogP contribution in [0.25, 0.3) is 0 Å². The topological polar surface area (TPSA) is 20.2 Å². The quantitative estimate of drug-likeness (QED) is 0.479. The highest BCUT2D eigenvalue weighted by molar-refractivity contribution is 4.89. The average molecular weight is 156 g/mol. The van der Waals surface area contributed by atoms with Crippen LogP contribution in [0.5, 0.6) is 0 Å². The standard InChI is InChI=1S/C10H20O/c1-4-5-6-7-8-10(11)9(2)3/h7-11H,4-6H2,1-3H3/b8-7-/t10-/m1/s1. The highest BCUT2D eigenvalue weighted by Crippen LogP contribution is 2.03. The van der Waals surface area contributed by atoms with Gasteiger partial charge in [-0.05, 0) is 12.3 Å². The van der Waals surface area contributed by atoms with Crippen molar-refractivity contribution in [1.82, 2.24) is 0 Å². The lowest BCUT2D eigenvalue weighted by molar-refractivity contribution is 0.172. The van der Waals surface area contributed by atoms with Crippen LogP contribution in [0.2, 0.25) is 0 Å². The largest absolute Gasteiger partial charge is 0.389 e. The zero-order valence-corrected chi connectivity index (χ0v) is 7.88. The van der Waals surface area contributed by atoms with Gasteiger partial charge in [0.15, 0.2) is 0 Å². The molecule has 66 valence electrons. The molecule has 0 aliphatic carbocycles. The number of hydrogen-bond acceptors (Lipinski definition) is 1. The van der Waals surface area contributed by atoms with Gasteiger partial charge in [-0.25, -0.2) is 0 Å². The first-order chi connectivity index (χ1) is 5.18. The third-order valence-electron chi connectivity index (χ3n) is 1.74. The molecule has 0 heterocycles. The zero-order valence-electron chi connectivity index (χ0n) is 7.88. The van der Waals surface area contributed by atoms with Crippen molar-refractivity contribution in [3.8, 4) is 0 Å². The van der Waals surface area contributed by atoms with Gasteiger partial charge in [0.2, 0.25) is 0 Å². The first-order valence-corrected chi connectivity index (χ1v) is 4.53. The lowest BCUT2D eigenvalue weighted by Crippen LogP contribution is -2.10. The second-order valence-corrected chi connectivity index (χ2v) is 3.30. The van der Waals surface area contributed by atoms with Crippen molar-refractivity contribution in [3.63, 3.8) is 0 Å². The van der Waals surface area contributed by atoms with E-state index in [0.717, 1.165) is 6.42 Å². The summed E-state index contributed by atoms with van der Waals surface area (Å²) < 4.78 is 0. The van der Waals surface area contributed by atoms with Crippen molar-refractivity contribution >= 4 is 0 Å². The van der Waals surface area contributed by atoms with Crippen molar-refractivity contribution in [2.75, 3.05) is 0 Å². The Balaban J connectivity index is 3.40. The fraction of sp³-hybridized carbons (Fsp3) is 0.800. The molecule has 0 rings (SSSR count). The Morgan fingerprint density at radius 2 is 2.00 bits per heavy atom. The molecular weight excluding hydrogens is 136 g/mol. The van der Waals surface area contributed by atoms with Crippen molar-refractivity contribution in [2.24, 2.45) is 5.92 Å². The second-order valence-electron chi connectivity index (χ2n) is 3.30. The van der Waals surface area contributed by atoms with Crippen LogP contribution in [0, 0.1) is 5.92 Å². The second kappa shape index (κ2) is 6.41. The van der Waals surface area contributed by atoms with Crippen LogP contribution >= 0.6 is 0 Å². The van der Waals surface area contributed by atoms with E-state index in [1.165, 1.54) is 12.8 Å². The van der Waals surface area contributed by atoms with E-state index in [-0.39, 0.29) is 6.10 Å². The van der Waals surface area contributed by atoms with Crippen LogP contribution in [0.3, 0.4) is 0 Å². The molecule has 1 atom stereocenters. The van der Waals surface area contributed by atoms with Gasteiger partial charge in [-0.2, -0.15) is 0 Å². The van der Waals surface area contributed by atoms with Crippen LogP contribution in [0.15, 0.2) is 12.2 Å². The Kier molecular flexibility index (Phi) is 6.24. The molecule has 0 bridgehead atoms. The summed E-state index contributed by atoms with van der Waals surface area (Å²) in [5.74, 6) is 0.341. The van der Waals surface area contributed by atoms with E-state index >= 15 is 0 Å². The van der Waals surface area contributed by atoms with E-state index in [2.05, 4.69) is 13.0 Å². The Morgan fingerprint density at radius 3 is 2.45 bits per heavy atom. The van der Waals surface area contributed by atoms with E-state index < -0.39 is 0 Å².